The fourth-order valence-corrected chi connectivity index (χ4v) is 2.70. The van der Waals surface area contributed by atoms with E-state index in [0.717, 1.165) is 34.2 Å². The van der Waals surface area contributed by atoms with Crippen molar-refractivity contribution in [2.45, 2.75) is 26.4 Å². The Morgan fingerprint density at radius 1 is 1.35 bits per heavy atom. The van der Waals surface area contributed by atoms with Crippen LogP contribution in [0.3, 0.4) is 0 Å². The van der Waals surface area contributed by atoms with Gasteiger partial charge in [-0.05, 0) is 31.5 Å². The molecule has 0 aliphatic carbocycles. The van der Waals surface area contributed by atoms with Gasteiger partial charge in [0.1, 0.15) is 0 Å². The van der Waals surface area contributed by atoms with Crippen LogP contribution in [-0.2, 0) is 13.6 Å². The summed E-state index contributed by atoms with van der Waals surface area (Å²) in [5, 5.41) is 7.90. The van der Waals surface area contributed by atoms with E-state index in [1.807, 2.05) is 26.1 Å². The highest BCUT2D eigenvalue weighted by molar-refractivity contribution is 5.85. The Morgan fingerprint density at radius 2 is 2.09 bits per heavy atom. The van der Waals surface area contributed by atoms with Crippen molar-refractivity contribution in [2.75, 3.05) is 13.9 Å². The molecule has 1 unspecified atom stereocenters. The molecule has 1 aliphatic heterocycles. The zero-order valence-electron chi connectivity index (χ0n) is 13.8. The van der Waals surface area contributed by atoms with Gasteiger partial charge in [-0.1, -0.05) is 6.07 Å². The average Bonchev–Trinajstić information content (AvgIpc) is 3.07. The van der Waals surface area contributed by atoms with Crippen molar-refractivity contribution in [1.29, 1.82) is 0 Å². The second-order valence-corrected chi connectivity index (χ2v) is 5.41. The summed E-state index contributed by atoms with van der Waals surface area (Å²) < 4.78 is 17.9. The van der Waals surface area contributed by atoms with Crippen LogP contribution < -0.4 is 19.5 Å². The van der Waals surface area contributed by atoms with Crippen molar-refractivity contribution >= 4 is 12.4 Å². The minimum Gasteiger partial charge on any atom is -0.481 e. The molecule has 7 heteroatoms. The van der Waals surface area contributed by atoms with Crippen molar-refractivity contribution in [3.8, 4) is 17.4 Å². The van der Waals surface area contributed by atoms with Gasteiger partial charge in [0, 0.05) is 19.6 Å². The summed E-state index contributed by atoms with van der Waals surface area (Å²) in [5.41, 5.74) is 3.21. The van der Waals surface area contributed by atoms with Gasteiger partial charge >= 0.3 is 0 Å². The van der Waals surface area contributed by atoms with Crippen LogP contribution in [0.15, 0.2) is 18.2 Å². The lowest BCUT2D eigenvalue weighted by Gasteiger charge is -2.15. The fourth-order valence-electron chi connectivity index (χ4n) is 2.70. The Bertz CT molecular complexity index is 687. The summed E-state index contributed by atoms with van der Waals surface area (Å²) in [6.07, 6.45) is 0. The van der Waals surface area contributed by atoms with E-state index >= 15 is 0 Å². The number of hydrogen-bond acceptors (Lipinski definition) is 5. The number of hydrogen-bond donors (Lipinski definition) is 1. The molecule has 2 heterocycles. The maximum absolute atomic E-state index is 5.43. The number of rotatable bonds is 5. The summed E-state index contributed by atoms with van der Waals surface area (Å²) >= 11 is 0. The summed E-state index contributed by atoms with van der Waals surface area (Å²) in [6, 6.07) is 6.20. The highest BCUT2D eigenvalue weighted by atomic mass is 35.5. The quantitative estimate of drug-likeness (QED) is 0.907. The van der Waals surface area contributed by atoms with Gasteiger partial charge in [-0.3, -0.25) is 0 Å². The SMILES string of the molecule is COc1c(CNC(C)c2ccc3c(c2)OCO3)c(C)nn1C.Cl. The van der Waals surface area contributed by atoms with Crippen LogP contribution >= 0.6 is 12.4 Å². The van der Waals surface area contributed by atoms with Crippen LogP contribution in [-0.4, -0.2) is 23.7 Å². The zero-order valence-corrected chi connectivity index (χ0v) is 14.6. The predicted molar refractivity (Wildman–Crippen MR) is 89.6 cm³/mol. The molecule has 23 heavy (non-hydrogen) atoms. The smallest absolute Gasteiger partial charge is 0.231 e. The maximum Gasteiger partial charge on any atom is 0.231 e. The number of fused-ring (bicyclic) bond motifs is 1. The average molecular weight is 340 g/mol. The molecule has 0 saturated heterocycles. The number of nitrogens with one attached hydrogen (secondary N) is 1. The van der Waals surface area contributed by atoms with Gasteiger partial charge in [0.25, 0.3) is 0 Å². The monoisotopic (exact) mass is 339 g/mol. The van der Waals surface area contributed by atoms with Crippen LogP contribution in [0.5, 0.6) is 17.4 Å². The molecule has 0 radical (unpaired) electrons. The lowest BCUT2D eigenvalue weighted by molar-refractivity contribution is 0.174. The first-order valence-electron chi connectivity index (χ1n) is 7.29. The molecule has 0 spiro atoms. The molecule has 0 fully saturated rings. The molecule has 1 aromatic carbocycles. The second-order valence-electron chi connectivity index (χ2n) is 5.41. The first kappa shape index (κ1) is 17.4. The molecule has 1 atom stereocenters. The van der Waals surface area contributed by atoms with Gasteiger partial charge in [0.15, 0.2) is 11.5 Å². The molecule has 1 aromatic heterocycles. The Kier molecular flexibility index (Phi) is 5.38. The summed E-state index contributed by atoms with van der Waals surface area (Å²) in [5.74, 6) is 2.41. The third-order valence-corrected chi connectivity index (χ3v) is 3.96. The van der Waals surface area contributed by atoms with Gasteiger partial charge in [0.05, 0.1) is 18.4 Å². The van der Waals surface area contributed by atoms with Gasteiger partial charge in [-0.15, -0.1) is 12.4 Å². The Hall–Kier alpha value is -1.92. The lowest BCUT2D eigenvalue weighted by atomic mass is 10.1. The van der Waals surface area contributed by atoms with E-state index in [0.29, 0.717) is 13.3 Å². The largest absolute Gasteiger partial charge is 0.481 e. The molecule has 3 rings (SSSR count). The normalized spacial score (nSPS) is 13.6. The first-order valence-corrected chi connectivity index (χ1v) is 7.29. The molecule has 6 nitrogen and oxygen atoms in total. The predicted octanol–water partition coefficient (Wildman–Crippen LogP) is 2.74. The Balaban J connectivity index is 0.00000192. The van der Waals surface area contributed by atoms with Crippen LogP contribution in [0.25, 0.3) is 0 Å². The van der Waals surface area contributed by atoms with Crippen molar-refractivity contribution < 1.29 is 14.2 Å². The van der Waals surface area contributed by atoms with Crippen molar-refractivity contribution in [2.24, 2.45) is 7.05 Å². The van der Waals surface area contributed by atoms with E-state index in [1.54, 1.807) is 11.8 Å². The van der Waals surface area contributed by atoms with Crippen molar-refractivity contribution in [3.63, 3.8) is 0 Å². The fraction of sp³-hybridized carbons (Fsp3) is 0.438. The number of ether oxygens (including phenoxy) is 3. The second kappa shape index (κ2) is 7.10. The van der Waals surface area contributed by atoms with E-state index in [4.69, 9.17) is 14.2 Å². The van der Waals surface area contributed by atoms with E-state index in [2.05, 4.69) is 23.4 Å². The van der Waals surface area contributed by atoms with Crippen LogP contribution in [0.1, 0.15) is 29.8 Å². The van der Waals surface area contributed by atoms with Crippen molar-refractivity contribution in [3.05, 3.63) is 35.0 Å². The summed E-state index contributed by atoms with van der Waals surface area (Å²) in [6.45, 7) is 5.10. The highest BCUT2D eigenvalue weighted by Crippen LogP contribution is 2.34. The number of nitrogens with zero attached hydrogens (tertiary/aromatic N) is 2. The number of aryl methyl sites for hydroxylation is 2. The molecular formula is C16H22ClN3O3. The number of benzene rings is 1. The van der Waals surface area contributed by atoms with Gasteiger partial charge in [0.2, 0.25) is 12.7 Å². The molecule has 1 aliphatic rings. The molecule has 0 bridgehead atoms. The van der Waals surface area contributed by atoms with Crippen LogP contribution in [0.2, 0.25) is 0 Å². The molecular weight excluding hydrogens is 318 g/mol. The standard InChI is InChI=1S/C16H21N3O3.ClH/c1-10(12-5-6-14-15(7-12)22-9-21-14)17-8-13-11(2)18-19(3)16(13)20-4;/h5-7,10,17H,8-9H2,1-4H3;1H. The van der Waals surface area contributed by atoms with Gasteiger partial charge in [-0.2, -0.15) is 5.10 Å². The van der Waals surface area contributed by atoms with Gasteiger partial charge in [-0.25, -0.2) is 4.68 Å². The number of halogens is 1. The Morgan fingerprint density at radius 3 is 2.83 bits per heavy atom. The van der Waals surface area contributed by atoms with Crippen molar-refractivity contribution in [1.82, 2.24) is 15.1 Å². The molecule has 126 valence electrons. The third kappa shape index (κ3) is 3.38. The van der Waals surface area contributed by atoms with E-state index in [-0.39, 0.29) is 18.4 Å². The number of methoxy groups -OCH3 is 1. The lowest BCUT2D eigenvalue weighted by Crippen LogP contribution is -2.18. The summed E-state index contributed by atoms with van der Waals surface area (Å²) in [4.78, 5) is 0. The molecule has 0 saturated carbocycles. The summed E-state index contributed by atoms with van der Waals surface area (Å²) in [7, 11) is 3.55. The van der Waals surface area contributed by atoms with Gasteiger partial charge < -0.3 is 19.5 Å². The number of aromatic nitrogens is 2. The van der Waals surface area contributed by atoms with E-state index in [9.17, 15) is 0 Å². The Labute approximate surface area is 142 Å². The minimum atomic E-state index is 0. The minimum absolute atomic E-state index is 0. The van der Waals surface area contributed by atoms with E-state index in [1.165, 1.54) is 0 Å². The highest BCUT2D eigenvalue weighted by Gasteiger charge is 2.17. The first-order chi connectivity index (χ1) is 10.6. The maximum atomic E-state index is 5.43. The third-order valence-electron chi connectivity index (χ3n) is 3.96. The van der Waals surface area contributed by atoms with Crippen LogP contribution in [0.4, 0.5) is 0 Å². The molecule has 1 N–H and O–H groups in total. The van der Waals surface area contributed by atoms with Crippen LogP contribution in [0, 0.1) is 6.92 Å². The molecule has 2 aromatic rings. The van der Waals surface area contributed by atoms with E-state index < -0.39 is 0 Å². The zero-order chi connectivity index (χ0) is 15.7. The molecule has 0 amide bonds. The topological polar surface area (TPSA) is 57.5 Å².